The van der Waals surface area contributed by atoms with E-state index in [2.05, 4.69) is 189 Å². The number of fused-ring (bicyclic) bond motifs is 20. The Morgan fingerprint density at radius 3 is 1.80 bits per heavy atom. The van der Waals surface area contributed by atoms with Crippen molar-refractivity contribution in [3.05, 3.63) is 176 Å². The zero-order valence-electron chi connectivity index (χ0n) is 31.9. The van der Waals surface area contributed by atoms with Gasteiger partial charge in [-0.15, -0.1) is 11.3 Å². The predicted molar refractivity (Wildman–Crippen MR) is 253 cm³/mol. The molecule has 6 heteroatoms. The average molecular weight is 780 g/mol. The van der Waals surface area contributed by atoms with Crippen LogP contribution in [-0.2, 0) is 0 Å². The van der Waals surface area contributed by atoms with Gasteiger partial charge in [0.25, 0.3) is 0 Å². The summed E-state index contributed by atoms with van der Waals surface area (Å²) in [6, 6.07) is 64.2. The van der Waals surface area contributed by atoms with Gasteiger partial charge in [0.2, 0.25) is 5.95 Å². The zero-order chi connectivity index (χ0) is 38.8. The van der Waals surface area contributed by atoms with E-state index in [4.69, 9.17) is 9.97 Å². The topological polar surface area (TPSA) is 40.0 Å². The molecule has 0 radical (unpaired) electrons. The van der Waals surface area contributed by atoms with Crippen LogP contribution in [0.15, 0.2) is 176 Å². The van der Waals surface area contributed by atoms with E-state index >= 15 is 0 Å². The van der Waals surface area contributed by atoms with Gasteiger partial charge in [-0.05, 0) is 52.6 Å². The summed E-state index contributed by atoms with van der Waals surface area (Å²) in [5.41, 5.74) is 9.13. The molecule has 0 amide bonds. The number of hydrogen-bond acceptors (Lipinski definition) is 3. The molecule has 6 aromatic heterocycles. The lowest BCUT2D eigenvalue weighted by Gasteiger charge is -2.13. The largest absolute Gasteiger partial charge is 0.308 e. The molecule has 0 unspecified atom stereocenters. The Bertz CT molecular complexity index is 4370. The Kier molecular flexibility index (Phi) is 5.74. The lowest BCUT2D eigenvalue weighted by atomic mass is 10.0. The first-order valence-corrected chi connectivity index (χ1v) is 21.2. The van der Waals surface area contributed by atoms with Gasteiger partial charge in [0.1, 0.15) is 0 Å². The number of benzene rings is 9. The van der Waals surface area contributed by atoms with Crippen LogP contribution >= 0.6 is 11.3 Å². The van der Waals surface area contributed by atoms with Crippen molar-refractivity contribution in [1.29, 1.82) is 0 Å². The summed E-state index contributed by atoms with van der Waals surface area (Å²) in [6.07, 6.45) is 0. The molecule has 0 fully saturated rings. The minimum atomic E-state index is 0.658. The monoisotopic (exact) mass is 779 g/mol. The zero-order valence-corrected chi connectivity index (χ0v) is 32.7. The van der Waals surface area contributed by atoms with Gasteiger partial charge in [-0.3, -0.25) is 9.13 Å². The Morgan fingerprint density at radius 2 is 0.983 bits per heavy atom. The maximum atomic E-state index is 5.83. The van der Waals surface area contributed by atoms with Gasteiger partial charge in [-0.2, -0.15) is 4.98 Å². The predicted octanol–water partition coefficient (Wildman–Crippen LogP) is 14.5. The van der Waals surface area contributed by atoms with E-state index in [0.717, 1.165) is 43.5 Å². The molecule has 6 heterocycles. The van der Waals surface area contributed by atoms with Gasteiger partial charge in [0.15, 0.2) is 5.82 Å². The van der Waals surface area contributed by atoms with E-state index in [1.54, 1.807) is 11.3 Å². The Morgan fingerprint density at radius 1 is 0.367 bits per heavy atom. The third-order valence-electron chi connectivity index (χ3n) is 13.2. The molecule has 15 rings (SSSR count). The van der Waals surface area contributed by atoms with Gasteiger partial charge >= 0.3 is 0 Å². The Labute approximate surface area is 344 Å². The van der Waals surface area contributed by atoms with Crippen LogP contribution in [0.25, 0.3) is 135 Å². The van der Waals surface area contributed by atoms with Crippen LogP contribution in [0.2, 0.25) is 0 Å². The van der Waals surface area contributed by atoms with E-state index in [-0.39, 0.29) is 0 Å². The van der Waals surface area contributed by atoms with Crippen molar-refractivity contribution < 1.29 is 0 Å². The fourth-order valence-corrected chi connectivity index (χ4v) is 11.9. The van der Waals surface area contributed by atoms with Crippen molar-refractivity contribution in [2.45, 2.75) is 0 Å². The van der Waals surface area contributed by atoms with Gasteiger partial charge in [0, 0.05) is 58.6 Å². The number of para-hydroxylation sites is 3. The highest BCUT2D eigenvalue weighted by Gasteiger charge is 2.27. The van der Waals surface area contributed by atoms with Crippen LogP contribution in [-0.4, -0.2) is 23.5 Å². The molecule has 60 heavy (non-hydrogen) atoms. The number of rotatable bonds is 2. The van der Waals surface area contributed by atoms with Gasteiger partial charge in [-0.1, -0.05) is 140 Å². The molecule has 15 aromatic rings. The lowest BCUT2D eigenvalue weighted by molar-refractivity contribution is 0.979. The summed E-state index contributed by atoms with van der Waals surface area (Å²) >= 11 is 1.77. The molecule has 0 saturated heterocycles. The second-order valence-electron chi connectivity index (χ2n) is 16.1. The van der Waals surface area contributed by atoms with Gasteiger partial charge in [0.05, 0.1) is 48.8 Å². The number of hydrogen-bond donors (Lipinski definition) is 0. The average Bonchev–Trinajstić information content (AvgIpc) is 4.10. The number of thiophene rings is 1. The van der Waals surface area contributed by atoms with Crippen molar-refractivity contribution in [2.24, 2.45) is 0 Å². The normalized spacial score (nSPS) is 12.7. The number of aromatic nitrogens is 5. The summed E-state index contributed by atoms with van der Waals surface area (Å²) in [6.45, 7) is 0. The van der Waals surface area contributed by atoms with Crippen LogP contribution < -0.4 is 0 Å². The molecule has 0 spiro atoms. The quantitative estimate of drug-likeness (QED) is 0.175. The summed E-state index contributed by atoms with van der Waals surface area (Å²) in [4.78, 5) is 11.5. The third kappa shape index (κ3) is 3.74. The summed E-state index contributed by atoms with van der Waals surface area (Å²) in [7, 11) is 0. The molecule has 0 aliphatic rings. The lowest BCUT2D eigenvalue weighted by Crippen LogP contribution is -2.06. The van der Waals surface area contributed by atoms with Crippen molar-refractivity contribution in [2.75, 3.05) is 0 Å². The van der Waals surface area contributed by atoms with E-state index in [9.17, 15) is 0 Å². The molecular weight excluding hydrogens is 751 g/mol. The molecule has 0 aliphatic carbocycles. The molecular formula is C54H29N5S. The van der Waals surface area contributed by atoms with Crippen LogP contribution in [0.5, 0.6) is 0 Å². The molecule has 0 atom stereocenters. The minimum Gasteiger partial charge on any atom is -0.308 e. The van der Waals surface area contributed by atoms with Crippen LogP contribution in [0.1, 0.15) is 0 Å². The second-order valence-corrected chi connectivity index (χ2v) is 17.1. The van der Waals surface area contributed by atoms with Crippen LogP contribution in [0.4, 0.5) is 0 Å². The molecule has 276 valence electrons. The maximum Gasteiger partial charge on any atom is 0.237 e. The molecule has 9 aromatic carbocycles. The fraction of sp³-hybridized carbons (Fsp3) is 0. The first-order valence-electron chi connectivity index (χ1n) is 20.4. The minimum absolute atomic E-state index is 0.658. The highest BCUT2D eigenvalue weighted by atomic mass is 32.1. The molecule has 5 nitrogen and oxygen atoms in total. The van der Waals surface area contributed by atoms with Crippen molar-refractivity contribution in [1.82, 2.24) is 23.5 Å². The highest BCUT2D eigenvalue weighted by Crippen LogP contribution is 2.48. The van der Waals surface area contributed by atoms with E-state index in [1.165, 1.54) is 85.9 Å². The first kappa shape index (κ1) is 31.2. The summed E-state index contributed by atoms with van der Waals surface area (Å²) < 4.78 is 9.52. The SMILES string of the molecule is c1ccc2c(c1)ccc1c2c2ccccc2n1-c1nc(-n2c3cc4c5ccccc5n5c6ccccc6c(c3c3ccc6ccccc6c32)c45)nc2c1sc1ccccc12. The number of nitrogens with zero attached hydrogens (tertiary/aromatic N) is 5. The van der Waals surface area contributed by atoms with Gasteiger partial charge in [-0.25, -0.2) is 4.98 Å². The van der Waals surface area contributed by atoms with Crippen LogP contribution in [0.3, 0.4) is 0 Å². The molecule has 0 saturated carbocycles. The Balaban J connectivity index is 1.19. The first-order chi connectivity index (χ1) is 29.8. The van der Waals surface area contributed by atoms with E-state index < -0.39 is 0 Å². The fourth-order valence-electron chi connectivity index (χ4n) is 10.8. The Hall–Kier alpha value is -7.80. The van der Waals surface area contributed by atoms with Gasteiger partial charge < -0.3 is 4.40 Å². The van der Waals surface area contributed by atoms with Crippen LogP contribution in [0, 0.1) is 0 Å². The molecule has 0 aliphatic heterocycles. The molecule has 0 N–H and O–H groups in total. The second kappa shape index (κ2) is 11.0. The summed E-state index contributed by atoms with van der Waals surface area (Å²) in [5, 5.41) is 15.8. The third-order valence-corrected chi connectivity index (χ3v) is 14.3. The van der Waals surface area contributed by atoms with Crippen molar-refractivity contribution >= 4 is 135 Å². The van der Waals surface area contributed by atoms with E-state index in [0.29, 0.717) is 5.95 Å². The maximum absolute atomic E-state index is 5.83. The standard InChI is InChI=1S/C54H29N5S/c1-3-15-32-30(13-1)26-28-43-46(32)35-18-6-11-23-42(35)58(43)53-52-49(37-20-8-12-24-45(37)60-52)55-54(56-53)59-44-29-39-34-17-5-9-21-40(34)57-41-22-10-7-19-36(41)48(51(39)57)47(44)38-27-25-31-14-2-4-16-33(31)50(38)59/h1-29H. The van der Waals surface area contributed by atoms with Crippen molar-refractivity contribution in [3.8, 4) is 11.8 Å². The smallest absolute Gasteiger partial charge is 0.237 e. The van der Waals surface area contributed by atoms with E-state index in [1.807, 2.05) is 0 Å². The molecule has 0 bridgehead atoms. The summed E-state index contributed by atoms with van der Waals surface area (Å²) in [5.74, 6) is 1.55. The van der Waals surface area contributed by atoms with Crippen molar-refractivity contribution in [3.63, 3.8) is 0 Å². The highest BCUT2D eigenvalue weighted by molar-refractivity contribution is 7.26.